The monoisotopic (exact) mass is 361 g/mol. The third-order valence-electron chi connectivity index (χ3n) is 5.34. The number of amides is 2. The normalized spacial score (nSPS) is 16.1. The molecule has 5 rings (SSSR count). The zero-order chi connectivity index (χ0) is 18.4. The molecule has 0 aliphatic carbocycles. The van der Waals surface area contributed by atoms with Gasteiger partial charge in [-0.05, 0) is 18.2 Å². The highest BCUT2D eigenvalue weighted by molar-refractivity contribution is 6.02. The number of rotatable bonds is 2. The number of para-hydroxylation sites is 3. The number of H-pyrrole nitrogens is 1. The first kappa shape index (κ1) is 15.9. The molecule has 136 valence electrons. The Balaban J connectivity index is 1.39. The minimum Gasteiger partial charge on any atom is -0.482 e. The van der Waals surface area contributed by atoms with Crippen LogP contribution in [0.5, 0.6) is 5.75 Å². The zero-order valence-corrected chi connectivity index (χ0v) is 14.8. The maximum absolute atomic E-state index is 13.0. The number of nitrogens with one attached hydrogen (secondary N) is 1. The number of ether oxygens (including phenoxy) is 1. The molecule has 3 aromatic rings. The lowest BCUT2D eigenvalue weighted by molar-refractivity contribution is -0.132. The molecule has 0 radical (unpaired) electrons. The van der Waals surface area contributed by atoms with Gasteiger partial charge in [0.2, 0.25) is 5.91 Å². The van der Waals surface area contributed by atoms with Crippen LogP contribution < -0.4 is 9.64 Å². The summed E-state index contributed by atoms with van der Waals surface area (Å²) in [7, 11) is 0. The quantitative estimate of drug-likeness (QED) is 0.763. The van der Waals surface area contributed by atoms with Crippen LogP contribution >= 0.6 is 0 Å². The minimum absolute atomic E-state index is 0.0309. The van der Waals surface area contributed by atoms with E-state index in [4.69, 9.17) is 4.74 Å². The van der Waals surface area contributed by atoms with E-state index in [1.165, 1.54) is 16.2 Å². The molecule has 2 aliphatic rings. The van der Waals surface area contributed by atoms with E-state index < -0.39 is 0 Å². The van der Waals surface area contributed by atoms with Gasteiger partial charge in [0.15, 0.2) is 6.61 Å². The van der Waals surface area contributed by atoms with E-state index in [1.54, 1.807) is 0 Å². The molecule has 0 spiro atoms. The summed E-state index contributed by atoms with van der Waals surface area (Å²) in [5.74, 6) is 0.408. The topological polar surface area (TPSA) is 65.6 Å². The first-order valence-corrected chi connectivity index (χ1v) is 9.09. The van der Waals surface area contributed by atoms with Gasteiger partial charge < -0.3 is 14.6 Å². The predicted molar refractivity (Wildman–Crippen MR) is 102 cm³/mol. The number of carbonyl (C=O) groups excluding carboxylic acids is 2. The fourth-order valence-electron chi connectivity index (χ4n) is 3.94. The summed E-state index contributed by atoms with van der Waals surface area (Å²) in [6, 6.07) is 15.5. The van der Waals surface area contributed by atoms with Gasteiger partial charge in [0.1, 0.15) is 12.3 Å². The largest absolute Gasteiger partial charge is 0.482 e. The summed E-state index contributed by atoms with van der Waals surface area (Å²) >= 11 is 0. The van der Waals surface area contributed by atoms with E-state index in [0.717, 1.165) is 17.3 Å². The van der Waals surface area contributed by atoms with Gasteiger partial charge in [-0.2, -0.15) is 0 Å². The molecule has 0 bridgehead atoms. The molecule has 6 heteroatoms. The lowest BCUT2D eigenvalue weighted by Crippen LogP contribution is -2.47. The summed E-state index contributed by atoms with van der Waals surface area (Å²) in [4.78, 5) is 32.1. The fourth-order valence-corrected chi connectivity index (χ4v) is 3.94. The van der Waals surface area contributed by atoms with Crippen molar-refractivity contribution in [3.05, 3.63) is 59.8 Å². The number of aromatic amines is 1. The second-order valence-corrected chi connectivity index (χ2v) is 6.93. The maximum atomic E-state index is 13.0. The Morgan fingerprint density at radius 1 is 1.11 bits per heavy atom. The van der Waals surface area contributed by atoms with E-state index >= 15 is 0 Å². The van der Waals surface area contributed by atoms with Crippen LogP contribution in [0.3, 0.4) is 0 Å². The van der Waals surface area contributed by atoms with E-state index in [0.29, 0.717) is 24.5 Å². The molecule has 6 nitrogen and oxygen atoms in total. The Bertz CT molecular complexity index is 1060. The molecule has 1 N–H and O–H groups in total. The molecule has 1 aromatic heterocycles. The molecular weight excluding hydrogens is 342 g/mol. The van der Waals surface area contributed by atoms with Crippen LogP contribution in [-0.2, 0) is 22.6 Å². The highest BCUT2D eigenvalue weighted by Gasteiger charge is 2.30. The average molecular weight is 361 g/mol. The summed E-state index contributed by atoms with van der Waals surface area (Å²) < 4.78 is 5.46. The molecule has 0 saturated carbocycles. The van der Waals surface area contributed by atoms with E-state index in [1.807, 2.05) is 41.3 Å². The lowest BCUT2D eigenvalue weighted by Gasteiger charge is -2.32. The SMILES string of the molecule is O=C(CN1C(=O)COc2ccccc21)N1CCc2[nH]c3ccccc3c2C1. The van der Waals surface area contributed by atoms with Crippen molar-refractivity contribution in [3.8, 4) is 5.75 Å². The van der Waals surface area contributed by atoms with Crippen molar-refractivity contribution >= 4 is 28.4 Å². The van der Waals surface area contributed by atoms with E-state index in [-0.39, 0.29) is 25.0 Å². The Morgan fingerprint density at radius 2 is 1.93 bits per heavy atom. The Hall–Kier alpha value is -3.28. The van der Waals surface area contributed by atoms with Gasteiger partial charge in [-0.3, -0.25) is 14.5 Å². The molecule has 0 unspecified atom stereocenters. The summed E-state index contributed by atoms with van der Waals surface area (Å²) in [5, 5.41) is 1.16. The van der Waals surface area contributed by atoms with Gasteiger partial charge in [-0.25, -0.2) is 0 Å². The third kappa shape index (κ3) is 2.65. The van der Waals surface area contributed by atoms with Crippen LogP contribution in [0.2, 0.25) is 0 Å². The van der Waals surface area contributed by atoms with Crippen LogP contribution in [0.15, 0.2) is 48.5 Å². The van der Waals surface area contributed by atoms with Crippen molar-refractivity contribution in [2.24, 2.45) is 0 Å². The van der Waals surface area contributed by atoms with Crippen LogP contribution in [0.4, 0.5) is 5.69 Å². The second kappa shape index (κ2) is 6.16. The Labute approximate surface area is 156 Å². The zero-order valence-electron chi connectivity index (χ0n) is 14.8. The molecule has 0 atom stereocenters. The summed E-state index contributed by atoms with van der Waals surface area (Å²) in [6.07, 6.45) is 0.795. The van der Waals surface area contributed by atoms with Gasteiger partial charge in [0.05, 0.1) is 5.69 Å². The first-order valence-electron chi connectivity index (χ1n) is 9.09. The molecule has 2 aromatic carbocycles. The van der Waals surface area contributed by atoms with E-state index in [9.17, 15) is 9.59 Å². The second-order valence-electron chi connectivity index (χ2n) is 6.93. The number of aromatic nitrogens is 1. The highest BCUT2D eigenvalue weighted by Crippen LogP contribution is 2.32. The third-order valence-corrected chi connectivity index (χ3v) is 5.34. The van der Waals surface area contributed by atoms with E-state index in [2.05, 4.69) is 17.1 Å². The van der Waals surface area contributed by atoms with Crippen molar-refractivity contribution in [3.63, 3.8) is 0 Å². The molecular formula is C21H19N3O3. The van der Waals surface area contributed by atoms with Gasteiger partial charge in [-0.1, -0.05) is 30.3 Å². The van der Waals surface area contributed by atoms with Gasteiger partial charge in [0, 0.05) is 41.7 Å². The Kier molecular flexibility index (Phi) is 3.63. The molecule has 0 saturated heterocycles. The Morgan fingerprint density at radius 3 is 2.85 bits per heavy atom. The molecule has 27 heavy (non-hydrogen) atoms. The highest BCUT2D eigenvalue weighted by atomic mass is 16.5. The first-order chi connectivity index (χ1) is 13.2. The standard InChI is InChI=1S/C21H19N3O3/c25-20(12-24-18-7-3-4-8-19(18)27-13-21(24)26)23-10-9-17-15(11-23)14-5-1-2-6-16(14)22-17/h1-8,22H,9-13H2. The van der Waals surface area contributed by atoms with Crippen LogP contribution in [-0.4, -0.2) is 41.4 Å². The average Bonchev–Trinajstić information content (AvgIpc) is 3.08. The van der Waals surface area contributed by atoms with Crippen molar-refractivity contribution in [1.29, 1.82) is 0 Å². The van der Waals surface area contributed by atoms with Crippen molar-refractivity contribution in [1.82, 2.24) is 9.88 Å². The number of nitrogens with zero attached hydrogens (tertiary/aromatic N) is 2. The summed E-state index contributed by atoms with van der Waals surface area (Å²) in [5.41, 5.74) is 4.15. The molecule has 0 fully saturated rings. The maximum Gasteiger partial charge on any atom is 0.265 e. The van der Waals surface area contributed by atoms with Crippen molar-refractivity contribution < 1.29 is 14.3 Å². The number of carbonyl (C=O) groups is 2. The number of hydrogen-bond donors (Lipinski definition) is 1. The fraction of sp³-hybridized carbons (Fsp3) is 0.238. The number of benzene rings is 2. The molecule has 3 heterocycles. The predicted octanol–water partition coefficient (Wildman–Crippen LogP) is 2.48. The lowest BCUT2D eigenvalue weighted by atomic mass is 10.0. The van der Waals surface area contributed by atoms with Gasteiger partial charge in [0.25, 0.3) is 5.91 Å². The summed E-state index contributed by atoms with van der Waals surface area (Å²) in [6.45, 7) is 1.23. The number of anilines is 1. The molecule has 2 aliphatic heterocycles. The van der Waals surface area contributed by atoms with Crippen LogP contribution in [0.25, 0.3) is 10.9 Å². The van der Waals surface area contributed by atoms with Crippen LogP contribution in [0, 0.1) is 0 Å². The van der Waals surface area contributed by atoms with Gasteiger partial charge in [-0.15, -0.1) is 0 Å². The minimum atomic E-state index is -0.188. The van der Waals surface area contributed by atoms with Crippen molar-refractivity contribution in [2.45, 2.75) is 13.0 Å². The number of hydrogen-bond acceptors (Lipinski definition) is 3. The number of fused-ring (bicyclic) bond motifs is 4. The van der Waals surface area contributed by atoms with Crippen LogP contribution in [0.1, 0.15) is 11.3 Å². The smallest absolute Gasteiger partial charge is 0.265 e. The van der Waals surface area contributed by atoms with Crippen molar-refractivity contribution in [2.75, 3.05) is 24.6 Å². The van der Waals surface area contributed by atoms with Gasteiger partial charge >= 0.3 is 0 Å². The molecule has 2 amide bonds.